The van der Waals surface area contributed by atoms with E-state index in [1.165, 1.54) is 35.5 Å². The van der Waals surface area contributed by atoms with Crippen LogP contribution in [-0.4, -0.2) is 33.9 Å². The summed E-state index contributed by atoms with van der Waals surface area (Å²) in [5.74, 6) is 0.983. The van der Waals surface area contributed by atoms with Gasteiger partial charge in [-0.3, -0.25) is 4.79 Å². The van der Waals surface area contributed by atoms with Crippen molar-refractivity contribution in [3.8, 4) is 11.1 Å². The number of nitrogens with one attached hydrogen (secondary N) is 2. The number of carbonyl (C=O) groups is 1. The van der Waals surface area contributed by atoms with Crippen LogP contribution in [0.2, 0.25) is 0 Å². The van der Waals surface area contributed by atoms with E-state index in [0.29, 0.717) is 11.9 Å². The van der Waals surface area contributed by atoms with E-state index in [0.717, 1.165) is 36.4 Å². The summed E-state index contributed by atoms with van der Waals surface area (Å²) in [6.45, 7) is 4.98. The van der Waals surface area contributed by atoms with Crippen LogP contribution >= 0.6 is 0 Å². The minimum Gasteiger partial charge on any atom is -0.337 e. The molecule has 0 unspecified atom stereocenters. The number of aryl methyl sites for hydroxylation is 1. The number of aromatic nitrogens is 3. The molecule has 2 heterocycles. The first-order chi connectivity index (χ1) is 17.6. The summed E-state index contributed by atoms with van der Waals surface area (Å²) >= 11 is 0. The molecule has 0 bridgehead atoms. The number of carbonyl (C=O) groups excluding carboxylic acids is 1. The Bertz CT molecular complexity index is 1420. The Morgan fingerprint density at radius 1 is 0.944 bits per heavy atom. The number of hydrogen-bond donors (Lipinski definition) is 2. The van der Waals surface area contributed by atoms with Gasteiger partial charge >= 0.3 is 0 Å². The molecule has 4 aromatic rings. The lowest BCUT2D eigenvalue weighted by atomic mass is 9.91. The fraction of sp³-hybridized carbons (Fsp3) is 0.172. The molecule has 3 aromatic carbocycles. The number of rotatable bonds is 6. The molecule has 5 rings (SSSR count). The van der Waals surface area contributed by atoms with Crippen molar-refractivity contribution in [2.75, 3.05) is 28.6 Å². The van der Waals surface area contributed by atoms with Gasteiger partial charge in [-0.1, -0.05) is 66.7 Å². The molecule has 1 aromatic heterocycles. The molecule has 0 fully saturated rings. The average molecular weight is 477 g/mol. The van der Waals surface area contributed by atoms with Crippen LogP contribution in [-0.2, 0) is 4.79 Å². The van der Waals surface area contributed by atoms with Crippen LogP contribution in [0.25, 0.3) is 16.7 Å². The molecule has 1 aliphatic rings. The van der Waals surface area contributed by atoms with E-state index in [9.17, 15) is 4.79 Å². The third-order valence-corrected chi connectivity index (χ3v) is 6.21. The molecule has 1 aliphatic heterocycles. The van der Waals surface area contributed by atoms with Crippen LogP contribution in [0.5, 0.6) is 0 Å². The third-order valence-electron chi connectivity index (χ3n) is 6.21. The number of hydrogen-bond acceptors (Lipinski definition) is 6. The molecule has 2 N–H and O–H groups in total. The predicted octanol–water partition coefficient (Wildman–Crippen LogP) is 5.84. The van der Waals surface area contributed by atoms with Gasteiger partial charge in [0, 0.05) is 31.4 Å². The largest absolute Gasteiger partial charge is 0.337 e. The number of amides is 1. The van der Waals surface area contributed by atoms with Gasteiger partial charge < -0.3 is 15.5 Å². The van der Waals surface area contributed by atoms with Crippen LogP contribution < -0.4 is 15.5 Å². The minimum atomic E-state index is -0.110. The van der Waals surface area contributed by atoms with Crippen molar-refractivity contribution < 1.29 is 4.79 Å². The zero-order chi connectivity index (χ0) is 24.9. The Labute approximate surface area is 211 Å². The van der Waals surface area contributed by atoms with Crippen molar-refractivity contribution in [3.05, 3.63) is 96.3 Å². The Balaban J connectivity index is 1.32. The molecule has 7 heteroatoms. The molecule has 0 aliphatic carbocycles. The topological polar surface area (TPSA) is 83.0 Å². The van der Waals surface area contributed by atoms with Gasteiger partial charge in [-0.15, -0.1) is 0 Å². The molecule has 0 radical (unpaired) electrons. The van der Waals surface area contributed by atoms with E-state index in [1.807, 2.05) is 31.2 Å². The van der Waals surface area contributed by atoms with Crippen molar-refractivity contribution in [2.45, 2.75) is 20.3 Å². The summed E-state index contributed by atoms with van der Waals surface area (Å²) in [5, 5.41) is 6.08. The molecule has 0 saturated carbocycles. The summed E-state index contributed by atoms with van der Waals surface area (Å²) in [7, 11) is 0. The quantitative estimate of drug-likeness (QED) is 0.364. The van der Waals surface area contributed by atoms with Gasteiger partial charge in [-0.2, -0.15) is 4.98 Å². The van der Waals surface area contributed by atoms with Gasteiger partial charge in [0.2, 0.25) is 17.8 Å². The van der Waals surface area contributed by atoms with Crippen LogP contribution in [0.15, 0.2) is 85.2 Å². The third kappa shape index (κ3) is 5.25. The van der Waals surface area contributed by atoms with E-state index < -0.39 is 0 Å². The maximum absolute atomic E-state index is 11.5. The van der Waals surface area contributed by atoms with Gasteiger partial charge in [0.1, 0.15) is 6.33 Å². The molecule has 7 nitrogen and oxygen atoms in total. The van der Waals surface area contributed by atoms with Crippen LogP contribution in [0, 0.1) is 6.92 Å². The highest BCUT2D eigenvalue weighted by atomic mass is 16.1. The molecule has 36 heavy (non-hydrogen) atoms. The Hall–Kier alpha value is -4.52. The van der Waals surface area contributed by atoms with Gasteiger partial charge in [0.05, 0.1) is 0 Å². The summed E-state index contributed by atoms with van der Waals surface area (Å²) in [4.78, 5) is 27.0. The van der Waals surface area contributed by atoms with Crippen molar-refractivity contribution in [2.24, 2.45) is 0 Å². The zero-order valence-corrected chi connectivity index (χ0v) is 20.4. The maximum atomic E-state index is 11.5. The smallest absolute Gasteiger partial charge is 0.232 e. The first kappa shape index (κ1) is 23.2. The van der Waals surface area contributed by atoms with Gasteiger partial charge in [-0.05, 0) is 53.3 Å². The average Bonchev–Trinajstić information content (AvgIpc) is 2.91. The highest BCUT2D eigenvalue weighted by Gasteiger charge is 2.18. The molecule has 0 atom stereocenters. The lowest BCUT2D eigenvalue weighted by Crippen LogP contribution is -2.30. The number of nitrogens with zero attached hydrogens (tertiary/aromatic N) is 4. The van der Waals surface area contributed by atoms with E-state index in [1.54, 1.807) is 0 Å². The van der Waals surface area contributed by atoms with Gasteiger partial charge in [0.15, 0.2) is 0 Å². The second-order valence-electron chi connectivity index (χ2n) is 8.78. The molecule has 0 spiro atoms. The predicted molar refractivity (Wildman–Crippen MR) is 145 cm³/mol. The molecule has 180 valence electrons. The van der Waals surface area contributed by atoms with Crippen LogP contribution in [0.3, 0.4) is 0 Å². The first-order valence-corrected chi connectivity index (χ1v) is 12.0. The Morgan fingerprint density at radius 2 is 1.72 bits per heavy atom. The van der Waals surface area contributed by atoms with E-state index in [2.05, 4.69) is 85.1 Å². The maximum Gasteiger partial charge on any atom is 0.232 e. The zero-order valence-electron chi connectivity index (χ0n) is 20.4. The lowest BCUT2D eigenvalue weighted by molar-refractivity contribution is -0.114. The van der Waals surface area contributed by atoms with Crippen molar-refractivity contribution in [1.29, 1.82) is 0 Å². The molecule has 1 amide bonds. The summed E-state index contributed by atoms with van der Waals surface area (Å²) < 4.78 is 0. The van der Waals surface area contributed by atoms with E-state index in [-0.39, 0.29) is 5.91 Å². The van der Waals surface area contributed by atoms with Crippen LogP contribution in [0.4, 0.5) is 23.3 Å². The second kappa shape index (κ2) is 10.4. The second-order valence-corrected chi connectivity index (χ2v) is 8.78. The SMILES string of the molecule is CC(=O)Nc1cc(Nc2ncnc(N3CC=C(c4ccccc4-c4ccccc4)CC3)n2)ccc1C. The first-order valence-electron chi connectivity index (χ1n) is 12.0. The van der Waals surface area contributed by atoms with Crippen molar-refractivity contribution >= 4 is 34.8 Å². The molecule has 0 saturated heterocycles. The lowest BCUT2D eigenvalue weighted by Gasteiger charge is -2.27. The fourth-order valence-electron chi connectivity index (χ4n) is 4.38. The monoisotopic (exact) mass is 476 g/mol. The number of anilines is 4. The Kier molecular flexibility index (Phi) is 6.71. The van der Waals surface area contributed by atoms with Crippen molar-refractivity contribution in [3.63, 3.8) is 0 Å². The van der Waals surface area contributed by atoms with E-state index in [4.69, 9.17) is 0 Å². The van der Waals surface area contributed by atoms with Crippen molar-refractivity contribution in [1.82, 2.24) is 15.0 Å². The van der Waals surface area contributed by atoms with Gasteiger partial charge in [0.25, 0.3) is 0 Å². The van der Waals surface area contributed by atoms with E-state index >= 15 is 0 Å². The standard InChI is InChI=1S/C29H28N6O/c1-20-12-13-24(18-27(20)32-21(2)36)33-28-30-19-31-29(34-28)35-16-14-23(15-17-35)26-11-7-6-10-25(26)22-8-4-3-5-9-22/h3-14,18-19H,15-17H2,1-2H3,(H,32,36)(H,30,31,33,34). The molecular weight excluding hydrogens is 448 g/mol. The molecular formula is C29H28N6O. The normalized spacial score (nSPS) is 13.2. The minimum absolute atomic E-state index is 0.110. The summed E-state index contributed by atoms with van der Waals surface area (Å²) in [5.41, 5.74) is 7.62. The van der Waals surface area contributed by atoms with Gasteiger partial charge in [-0.25, -0.2) is 9.97 Å². The highest BCUT2D eigenvalue weighted by molar-refractivity contribution is 5.90. The summed E-state index contributed by atoms with van der Waals surface area (Å²) in [6.07, 6.45) is 4.69. The Morgan fingerprint density at radius 3 is 2.47 bits per heavy atom. The number of benzene rings is 3. The fourth-order valence-corrected chi connectivity index (χ4v) is 4.38. The summed E-state index contributed by atoms with van der Waals surface area (Å²) in [6, 6.07) is 24.8. The highest BCUT2D eigenvalue weighted by Crippen LogP contribution is 2.32. The van der Waals surface area contributed by atoms with Crippen LogP contribution in [0.1, 0.15) is 24.5 Å².